The molecular weight excluding hydrogens is 256 g/mol. The number of pyridine rings is 1. The number of carbonyl (C=O) groups excluding carboxylic acids is 2. The predicted octanol–water partition coefficient (Wildman–Crippen LogP) is 1.16. The Bertz CT molecular complexity index is 462. The number of hydrogen-bond donors (Lipinski definition) is 3. The first-order chi connectivity index (χ1) is 9.56. The zero-order valence-corrected chi connectivity index (χ0v) is 12.2. The highest BCUT2D eigenvalue weighted by Gasteiger charge is 2.09. The van der Waals surface area contributed by atoms with E-state index in [2.05, 4.69) is 20.9 Å². The molecule has 1 heterocycles. The van der Waals surface area contributed by atoms with Gasteiger partial charge < -0.3 is 16.0 Å². The largest absolute Gasteiger partial charge is 0.388 e. The second-order valence-electron chi connectivity index (χ2n) is 4.56. The van der Waals surface area contributed by atoms with Gasteiger partial charge in [0.1, 0.15) is 5.69 Å². The van der Waals surface area contributed by atoms with Gasteiger partial charge in [0.05, 0.1) is 0 Å². The van der Waals surface area contributed by atoms with E-state index in [1.54, 1.807) is 25.4 Å². The minimum Gasteiger partial charge on any atom is -0.388 e. The van der Waals surface area contributed by atoms with E-state index in [0.717, 1.165) is 12.1 Å². The maximum atomic E-state index is 11.8. The number of anilines is 1. The lowest BCUT2D eigenvalue weighted by Gasteiger charge is -2.11. The van der Waals surface area contributed by atoms with Crippen LogP contribution in [0, 0.1) is 0 Å². The van der Waals surface area contributed by atoms with Crippen LogP contribution in [0.5, 0.6) is 0 Å². The van der Waals surface area contributed by atoms with Crippen molar-refractivity contribution in [1.29, 1.82) is 0 Å². The minimum absolute atomic E-state index is 0.0587. The van der Waals surface area contributed by atoms with Crippen molar-refractivity contribution in [2.75, 3.05) is 18.9 Å². The summed E-state index contributed by atoms with van der Waals surface area (Å²) >= 11 is 0. The van der Waals surface area contributed by atoms with E-state index in [9.17, 15) is 9.59 Å². The Hall–Kier alpha value is -2.11. The van der Waals surface area contributed by atoms with E-state index < -0.39 is 0 Å². The number of nitrogens with one attached hydrogen (secondary N) is 3. The lowest BCUT2D eigenvalue weighted by molar-refractivity contribution is -0.121. The quantitative estimate of drug-likeness (QED) is 0.699. The predicted molar refractivity (Wildman–Crippen MR) is 78.6 cm³/mol. The van der Waals surface area contributed by atoms with Crippen LogP contribution < -0.4 is 16.0 Å². The fraction of sp³-hybridized carbons (Fsp3) is 0.500. The molecule has 0 saturated carbocycles. The molecule has 2 amide bonds. The summed E-state index contributed by atoms with van der Waals surface area (Å²) in [5.41, 5.74) is 1.15. The molecule has 1 aromatic heterocycles. The SMILES string of the molecule is CCC(C)NC(=O)CCNC(=O)c1cc(NC)ccn1. The zero-order chi connectivity index (χ0) is 15.0. The molecule has 0 aliphatic heterocycles. The smallest absolute Gasteiger partial charge is 0.269 e. The van der Waals surface area contributed by atoms with Gasteiger partial charge in [-0.25, -0.2) is 0 Å². The molecule has 0 bridgehead atoms. The van der Waals surface area contributed by atoms with E-state index in [1.165, 1.54) is 0 Å². The molecule has 3 N–H and O–H groups in total. The topological polar surface area (TPSA) is 83.1 Å². The molecule has 0 radical (unpaired) electrons. The van der Waals surface area contributed by atoms with E-state index in [-0.39, 0.29) is 24.3 Å². The molecule has 110 valence electrons. The Balaban J connectivity index is 2.38. The van der Waals surface area contributed by atoms with Crippen molar-refractivity contribution in [1.82, 2.24) is 15.6 Å². The van der Waals surface area contributed by atoms with Gasteiger partial charge in [-0.1, -0.05) is 6.92 Å². The second-order valence-corrected chi connectivity index (χ2v) is 4.56. The molecule has 1 aromatic rings. The summed E-state index contributed by atoms with van der Waals surface area (Å²) in [5.74, 6) is -0.338. The fourth-order valence-electron chi connectivity index (χ4n) is 1.54. The zero-order valence-electron chi connectivity index (χ0n) is 12.2. The molecular formula is C14H22N4O2. The average Bonchev–Trinajstić information content (AvgIpc) is 2.46. The number of carbonyl (C=O) groups is 2. The Morgan fingerprint density at radius 1 is 1.40 bits per heavy atom. The fourth-order valence-corrected chi connectivity index (χ4v) is 1.54. The van der Waals surface area contributed by atoms with Gasteiger partial charge in [0, 0.05) is 37.9 Å². The Kier molecular flexibility index (Phi) is 6.49. The molecule has 6 heteroatoms. The van der Waals surface area contributed by atoms with Crippen molar-refractivity contribution in [3.63, 3.8) is 0 Å². The second kappa shape index (κ2) is 8.14. The van der Waals surface area contributed by atoms with Crippen LogP contribution in [0.25, 0.3) is 0 Å². The van der Waals surface area contributed by atoms with Crippen molar-refractivity contribution >= 4 is 17.5 Å². The molecule has 0 aliphatic rings. The van der Waals surface area contributed by atoms with Crippen LogP contribution in [-0.4, -0.2) is 36.4 Å². The van der Waals surface area contributed by atoms with Gasteiger partial charge in [0.25, 0.3) is 5.91 Å². The van der Waals surface area contributed by atoms with E-state index in [0.29, 0.717) is 12.2 Å². The van der Waals surface area contributed by atoms with Crippen LogP contribution in [0.2, 0.25) is 0 Å². The standard InChI is InChI=1S/C14H22N4O2/c1-4-10(2)18-13(19)6-8-17-14(20)12-9-11(15-3)5-7-16-12/h5,7,9-10H,4,6,8H2,1-3H3,(H,15,16)(H,17,20)(H,18,19). The molecule has 1 rings (SSSR count). The van der Waals surface area contributed by atoms with Gasteiger partial charge in [-0.2, -0.15) is 0 Å². The van der Waals surface area contributed by atoms with Crippen LogP contribution in [0.15, 0.2) is 18.3 Å². The maximum Gasteiger partial charge on any atom is 0.269 e. The highest BCUT2D eigenvalue weighted by Crippen LogP contribution is 2.06. The van der Waals surface area contributed by atoms with E-state index in [4.69, 9.17) is 0 Å². The Labute approximate surface area is 119 Å². The normalized spacial score (nSPS) is 11.6. The van der Waals surface area contributed by atoms with Crippen LogP contribution in [-0.2, 0) is 4.79 Å². The molecule has 1 atom stereocenters. The van der Waals surface area contributed by atoms with E-state index in [1.807, 2.05) is 13.8 Å². The third kappa shape index (κ3) is 5.26. The molecule has 0 aliphatic carbocycles. The van der Waals surface area contributed by atoms with Crippen molar-refractivity contribution in [2.45, 2.75) is 32.7 Å². The highest BCUT2D eigenvalue weighted by atomic mass is 16.2. The van der Waals surface area contributed by atoms with E-state index >= 15 is 0 Å². The molecule has 0 fully saturated rings. The lowest BCUT2D eigenvalue weighted by atomic mass is 10.2. The van der Waals surface area contributed by atoms with Gasteiger partial charge in [-0.3, -0.25) is 14.6 Å². The number of amides is 2. The maximum absolute atomic E-state index is 11.8. The molecule has 20 heavy (non-hydrogen) atoms. The first kappa shape index (κ1) is 15.9. The Morgan fingerprint density at radius 3 is 2.80 bits per heavy atom. The van der Waals surface area contributed by atoms with Crippen LogP contribution >= 0.6 is 0 Å². The summed E-state index contributed by atoms with van der Waals surface area (Å²) in [7, 11) is 1.77. The van der Waals surface area contributed by atoms with Gasteiger partial charge in [0.15, 0.2) is 0 Å². The Morgan fingerprint density at radius 2 is 2.15 bits per heavy atom. The first-order valence-electron chi connectivity index (χ1n) is 6.78. The van der Waals surface area contributed by atoms with Gasteiger partial charge in [0.2, 0.25) is 5.91 Å². The van der Waals surface area contributed by atoms with Crippen molar-refractivity contribution < 1.29 is 9.59 Å². The summed E-state index contributed by atoms with van der Waals surface area (Å²) in [5, 5.41) is 8.47. The lowest BCUT2D eigenvalue weighted by Crippen LogP contribution is -2.35. The monoisotopic (exact) mass is 278 g/mol. The number of rotatable bonds is 7. The van der Waals surface area contributed by atoms with Crippen molar-refractivity contribution in [2.24, 2.45) is 0 Å². The van der Waals surface area contributed by atoms with Crippen LogP contribution in [0.3, 0.4) is 0 Å². The molecule has 0 spiro atoms. The van der Waals surface area contributed by atoms with Crippen LogP contribution in [0.1, 0.15) is 37.2 Å². The minimum atomic E-state index is -0.279. The highest BCUT2D eigenvalue weighted by molar-refractivity contribution is 5.93. The third-order valence-electron chi connectivity index (χ3n) is 2.94. The molecule has 0 saturated heterocycles. The van der Waals surface area contributed by atoms with Gasteiger partial charge in [-0.15, -0.1) is 0 Å². The molecule has 1 unspecified atom stereocenters. The summed E-state index contributed by atoms with van der Waals surface area (Å²) in [6.07, 6.45) is 2.72. The van der Waals surface area contributed by atoms with Gasteiger partial charge in [-0.05, 0) is 25.5 Å². The number of hydrogen-bond acceptors (Lipinski definition) is 4. The van der Waals surface area contributed by atoms with Gasteiger partial charge >= 0.3 is 0 Å². The van der Waals surface area contributed by atoms with Crippen molar-refractivity contribution in [3.05, 3.63) is 24.0 Å². The van der Waals surface area contributed by atoms with Crippen molar-refractivity contribution in [3.8, 4) is 0 Å². The number of aromatic nitrogens is 1. The third-order valence-corrected chi connectivity index (χ3v) is 2.94. The summed E-state index contributed by atoms with van der Waals surface area (Å²) < 4.78 is 0. The number of nitrogens with zero attached hydrogens (tertiary/aromatic N) is 1. The summed E-state index contributed by atoms with van der Waals surface area (Å²) in [6, 6.07) is 3.59. The molecule has 0 aromatic carbocycles. The summed E-state index contributed by atoms with van der Waals surface area (Å²) in [4.78, 5) is 27.4. The average molecular weight is 278 g/mol. The summed E-state index contributed by atoms with van der Waals surface area (Å²) in [6.45, 7) is 4.25. The first-order valence-corrected chi connectivity index (χ1v) is 6.78. The molecule has 6 nitrogen and oxygen atoms in total. The van der Waals surface area contributed by atoms with Crippen LogP contribution in [0.4, 0.5) is 5.69 Å².